The largest absolute Gasteiger partial charge is 0.593 e. The topological polar surface area (TPSA) is 101 Å². The fourth-order valence-electron chi connectivity index (χ4n) is 3.34. The van der Waals surface area contributed by atoms with Gasteiger partial charge in [0.15, 0.2) is 5.82 Å². The number of carbonyl (C=O) groups is 1. The number of benzene rings is 2. The molecule has 0 aliphatic rings. The second-order valence-electron chi connectivity index (χ2n) is 7.13. The molecule has 0 bridgehead atoms. The molecule has 0 spiro atoms. The highest BCUT2D eigenvalue weighted by atomic mass is 32.2. The first-order chi connectivity index (χ1) is 15.4. The van der Waals surface area contributed by atoms with Gasteiger partial charge in [0, 0.05) is 28.9 Å². The van der Waals surface area contributed by atoms with E-state index < -0.39 is 34.3 Å². The summed E-state index contributed by atoms with van der Waals surface area (Å²) in [6, 6.07) is 10.2. The van der Waals surface area contributed by atoms with Crippen LogP contribution in [-0.2, 0) is 11.4 Å². The van der Waals surface area contributed by atoms with E-state index >= 15 is 4.39 Å². The van der Waals surface area contributed by atoms with Crippen LogP contribution in [0.1, 0.15) is 29.3 Å². The third-order valence-electron chi connectivity index (χ3n) is 4.91. The number of hydrogen-bond donors (Lipinski definition) is 3. The van der Waals surface area contributed by atoms with Crippen molar-refractivity contribution in [1.82, 2.24) is 9.97 Å². The number of aromatic amines is 1. The average molecular weight is 455 g/mol. The van der Waals surface area contributed by atoms with E-state index in [-0.39, 0.29) is 22.8 Å². The summed E-state index contributed by atoms with van der Waals surface area (Å²) in [5.41, 5.74) is 0.910. The Bertz CT molecular complexity index is 1290. The molecule has 4 rings (SSSR count). The number of nitrogens with one attached hydrogen (secondary N) is 2. The number of nitrogens with zero attached hydrogens (tertiary/aromatic N) is 1. The van der Waals surface area contributed by atoms with Gasteiger partial charge in [-0.2, -0.15) is 0 Å². The van der Waals surface area contributed by atoms with Crippen LogP contribution in [0.15, 0.2) is 54.9 Å². The van der Waals surface area contributed by atoms with Crippen LogP contribution in [0.4, 0.5) is 14.5 Å². The Kier molecular flexibility index (Phi) is 6.11. The second kappa shape index (κ2) is 8.97. The molecule has 0 fully saturated rings. The predicted octanol–water partition coefficient (Wildman–Crippen LogP) is 4.93. The van der Waals surface area contributed by atoms with E-state index in [0.717, 1.165) is 17.7 Å². The van der Waals surface area contributed by atoms with Gasteiger partial charge < -0.3 is 14.6 Å². The lowest BCUT2D eigenvalue weighted by molar-refractivity contribution is 0.103. The summed E-state index contributed by atoms with van der Waals surface area (Å²) in [6.07, 6.45) is 3.56. The molecule has 1 unspecified atom stereocenters. The van der Waals surface area contributed by atoms with Crippen LogP contribution in [-0.4, -0.2) is 31.2 Å². The van der Waals surface area contributed by atoms with Crippen molar-refractivity contribution in [3.63, 3.8) is 0 Å². The standard InChI is InChI=1S/C23H19F2N3O3S/c1-2-9-32(31)28-19-8-7-18(24)20(21(19)25)22(30)17-12-27-23-16(17)10-14(11-26-23)13-3-5-15(29)6-4-13/h3-8,10-12,28-29H,2,9H2,1H3,(H,26,27). The number of halogens is 2. The SMILES string of the molecule is CCC[S+]([O-])Nc1ccc(F)c(C(=O)c2c[nH]c3ncc(-c4ccc(O)cc4)cc23)c1F. The van der Waals surface area contributed by atoms with Crippen LogP contribution in [0, 0.1) is 11.6 Å². The maximum absolute atomic E-state index is 15.1. The molecule has 0 radical (unpaired) electrons. The molecule has 4 aromatic rings. The van der Waals surface area contributed by atoms with Gasteiger partial charge >= 0.3 is 0 Å². The summed E-state index contributed by atoms with van der Waals surface area (Å²) >= 11 is -1.55. The fourth-order valence-corrected chi connectivity index (χ4v) is 4.21. The molecule has 9 heteroatoms. The lowest BCUT2D eigenvalue weighted by atomic mass is 10.00. The average Bonchev–Trinajstić information content (AvgIpc) is 3.20. The Balaban J connectivity index is 1.75. The number of ketones is 1. The Morgan fingerprint density at radius 1 is 1.19 bits per heavy atom. The van der Waals surface area contributed by atoms with E-state index in [1.807, 2.05) is 6.92 Å². The van der Waals surface area contributed by atoms with Gasteiger partial charge in [-0.3, -0.25) is 4.79 Å². The molecule has 2 heterocycles. The van der Waals surface area contributed by atoms with Gasteiger partial charge in [-0.25, -0.2) is 18.5 Å². The van der Waals surface area contributed by atoms with E-state index in [1.165, 1.54) is 18.3 Å². The van der Waals surface area contributed by atoms with Crippen molar-refractivity contribution < 1.29 is 23.2 Å². The van der Waals surface area contributed by atoms with Gasteiger partial charge in [-0.1, -0.05) is 19.1 Å². The summed E-state index contributed by atoms with van der Waals surface area (Å²) in [7, 11) is 0. The first-order valence-electron chi connectivity index (χ1n) is 9.83. The molecular formula is C23H19F2N3O3S. The number of pyridine rings is 1. The third-order valence-corrected chi connectivity index (χ3v) is 6.13. The second-order valence-corrected chi connectivity index (χ2v) is 8.44. The number of fused-ring (bicyclic) bond motifs is 1. The smallest absolute Gasteiger partial charge is 0.201 e. The minimum absolute atomic E-state index is 0.0535. The summed E-state index contributed by atoms with van der Waals surface area (Å²) < 4.78 is 44.0. The quantitative estimate of drug-likeness (QED) is 0.271. The summed E-state index contributed by atoms with van der Waals surface area (Å²) in [6.45, 7) is 1.83. The van der Waals surface area contributed by atoms with Crippen molar-refractivity contribution >= 4 is 33.9 Å². The van der Waals surface area contributed by atoms with E-state index in [1.54, 1.807) is 24.4 Å². The lowest BCUT2D eigenvalue weighted by Gasteiger charge is -2.13. The summed E-state index contributed by atoms with van der Waals surface area (Å²) in [5, 5.41) is 9.88. The number of anilines is 1. The lowest BCUT2D eigenvalue weighted by Crippen LogP contribution is -2.18. The van der Waals surface area contributed by atoms with Gasteiger partial charge in [-0.05, 0) is 42.3 Å². The van der Waals surface area contributed by atoms with Crippen molar-refractivity contribution in [2.75, 3.05) is 10.5 Å². The molecular weight excluding hydrogens is 436 g/mol. The van der Waals surface area contributed by atoms with Crippen molar-refractivity contribution in [3.05, 3.63) is 77.6 Å². The molecule has 0 saturated carbocycles. The Hall–Kier alpha value is -3.43. The van der Waals surface area contributed by atoms with Crippen molar-refractivity contribution in [3.8, 4) is 16.9 Å². The molecule has 0 saturated heterocycles. The summed E-state index contributed by atoms with van der Waals surface area (Å²) in [5.74, 6) is -2.58. The van der Waals surface area contributed by atoms with Gasteiger partial charge in [-0.15, -0.1) is 0 Å². The molecule has 3 N–H and O–H groups in total. The van der Waals surface area contributed by atoms with Crippen LogP contribution < -0.4 is 4.72 Å². The summed E-state index contributed by atoms with van der Waals surface area (Å²) in [4.78, 5) is 20.3. The maximum Gasteiger partial charge on any atom is 0.201 e. The van der Waals surface area contributed by atoms with E-state index in [0.29, 0.717) is 23.0 Å². The molecule has 32 heavy (non-hydrogen) atoms. The number of aromatic nitrogens is 2. The first kappa shape index (κ1) is 21.8. The Labute approximate surface area is 185 Å². The number of rotatable bonds is 7. The zero-order valence-corrected chi connectivity index (χ0v) is 17.8. The monoisotopic (exact) mass is 455 g/mol. The Morgan fingerprint density at radius 3 is 2.66 bits per heavy atom. The first-order valence-corrected chi connectivity index (χ1v) is 11.1. The van der Waals surface area contributed by atoms with Crippen LogP contribution in [0.2, 0.25) is 0 Å². The van der Waals surface area contributed by atoms with Crippen molar-refractivity contribution in [2.24, 2.45) is 0 Å². The number of carbonyl (C=O) groups excluding carboxylic acids is 1. The molecule has 6 nitrogen and oxygen atoms in total. The molecule has 2 aromatic carbocycles. The van der Waals surface area contributed by atoms with Gasteiger partial charge in [0.2, 0.25) is 5.78 Å². The van der Waals surface area contributed by atoms with Crippen molar-refractivity contribution in [1.29, 1.82) is 0 Å². The molecule has 2 aromatic heterocycles. The molecule has 1 atom stereocenters. The fraction of sp³-hybridized carbons (Fsp3) is 0.130. The highest BCUT2D eigenvalue weighted by Gasteiger charge is 2.26. The number of phenolic OH excluding ortho intramolecular Hbond substituents is 1. The highest BCUT2D eigenvalue weighted by Crippen LogP contribution is 2.30. The molecule has 0 aliphatic heterocycles. The Morgan fingerprint density at radius 2 is 1.94 bits per heavy atom. The molecule has 0 aliphatic carbocycles. The van der Waals surface area contributed by atoms with Crippen LogP contribution in [0.25, 0.3) is 22.2 Å². The van der Waals surface area contributed by atoms with Crippen LogP contribution in [0.3, 0.4) is 0 Å². The van der Waals surface area contributed by atoms with Crippen LogP contribution >= 0.6 is 0 Å². The predicted molar refractivity (Wildman–Crippen MR) is 120 cm³/mol. The zero-order chi connectivity index (χ0) is 22.8. The maximum atomic E-state index is 15.1. The number of hydrogen-bond acceptors (Lipinski definition) is 5. The van der Waals surface area contributed by atoms with Crippen LogP contribution in [0.5, 0.6) is 5.75 Å². The van der Waals surface area contributed by atoms with Crippen molar-refractivity contribution in [2.45, 2.75) is 13.3 Å². The van der Waals surface area contributed by atoms with Gasteiger partial charge in [0.1, 0.15) is 28.7 Å². The van der Waals surface area contributed by atoms with Gasteiger partial charge in [0.25, 0.3) is 0 Å². The van der Waals surface area contributed by atoms with Gasteiger partial charge in [0.05, 0.1) is 16.9 Å². The highest BCUT2D eigenvalue weighted by molar-refractivity contribution is 7.92. The van der Waals surface area contributed by atoms with E-state index in [4.69, 9.17) is 0 Å². The zero-order valence-electron chi connectivity index (χ0n) is 17.0. The number of aromatic hydroxyl groups is 1. The molecule has 164 valence electrons. The normalized spacial score (nSPS) is 12.1. The van der Waals surface area contributed by atoms with E-state index in [2.05, 4.69) is 14.7 Å². The minimum Gasteiger partial charge on any atom is -0.593 e. The minimum atomic E-state index is -1.55. The third kappa shape index (κ3) is 4.17. The molecule has 0 amide bonds. The van der Waals surface area contributed by atoms with E-state index in [9.17, 15) is 18.8 Å². The number of phenols is 1. The number of H-pyrrole nitrogens is 1.